The average Bonchev–Trinajstić information content (AvgIpc) is 3.71. The Bertz CT molecular complexity index is 3290. The summed E-state index contributed by atoms with van der Waals surface area (Å²) in [4.78, 5) is 7.56. The van der Waals surface area contributed by atoms with Gasteiger partial charge in [-0.15, -0.1) is 0 Å². The Balaban J connectivity index is 1.24. The number of hydrogen-bond acceptors (Lipinski definition) is 4. The Labute approximate surface area is 411 Å². The van der Waals surface area contributed by atoms with Crippen LogP contribution in [-0.2, 0) is 27.1 Å². The zero-order valence-electron chi connectivity index (χ0n) is 42.6. The first-order valence-corrected chi connectivity index (χ1v) is 25.5. The third kappa shape index (κ3) is 6.77. The van der Waals surface area contributed by atoms with Crippen LogP contribution in [0.25, 0.3) is 11.0 Å². The highest BCUT2D eigenvalue weighted by atomic mass is 16.4. The second-order valence-electron chi connectivity index (χ2n) is 24.3. The van der Waals surface area contributed by atoms with Crippen molar-refractivity contribution in [2.75, 3.05) is 14.7 Å². The molecule has 346 valence electrons. The minimum Gasteiger partial charge on any atom is -0.440 e. The van der Waals surface area contributed by atoms with Gasteiger partial charge in [0.25, 0.3) is 6.71 Å². The first-order chi connectivity index (χ1) is 32.8. The molecule has 0 radical (unpaired) electrons. The molecule has 0 saturated heterocycles. The predicted molar refractivity (Wildman–Crippen MR) is 294 cm³/mol. The van der Waals surface area contributed by atoms with Crippen molar-refractivity contribution in [1.29, 1.82) is 0 Å². The van der Waals surface area contributed by atoms with Crippen LogP contribution in [-0.4, -0.2) is 6.71 Å². The maximum atomic E-state index is 7.29. The van der Waals surface area contributed by atoms with Gasteiger partial charge in [-0.05, 0) is 164 Å². The van der Waals surface area contributed by atoms with Crippen molar-refractivity contribution >= 4 is 85.5 Å². The molecule has 7 aromatic carbocycles. The Kier molecular flexibility index (Phi) is 9.54. The van der Waals surface area contributed by atoms with Gasteiger partial charge in [-0.1, -0.05) is 155 Å². The molecule has 0 fully saturated rings. The number of rotatable bonds is 5. The SMILES string of the molecule is CC(C)(C)c1ccc(N2c3cc(N(c4ccccc4)c4ccccc4)cc4c3B(c3cc5c(cc3N4c3ccc4c(c3)C(C)(C)CCC4(C)C)C(C)(C)CCC5(C)C)c3c2oc2ccccc32)cc1. The van der Waals surface area contributed by atoms with E-state index in [9.17, 15) is 0 Å². The van der Waals surface area contributed by atoms with Gasteiger partial charge in [-0.2, -0.15) is 0 Å². The number of nitrogens with zero attached hydrogens (tertiary/aromatic N) is 3. The largest absolute Gasteiger partial charge is 0.440 e. The number of furan rings is 1. The van der Waals surface area contributed by atoms with E-state index in [1.165, 1.54) is 73.1 Å². The third-order valence-corrected chi connectivity index (χ3v) is 16.9. The van der Waals surface area contributed by atoms with E-state index in [2.05, 4.69) is 243 Å². The van der Waals surface area contributed by atoms with E-state index in [0.29, 0.717) is 0 Å². The summed E-state index contributed by atoms with van der Waals surface area (Å²) in [6.45, 7) is 26.5. The van der Waals surface area contributed by atoms with Gasteiger partial charge in [0, 0.05) is 50.7 Å². The van der Waals surface area contributed by atoms with Crippen molar-refractivity contribution < 1.29 is 4.42 Å². The van der Waals surface area contributed by atoms with Gasteiger partial charge in [-0.25, -0.2) is 0 Å². The minimum atomic E-state index is -0.0971. The Morgan fingerprint density at radius 3 is 1.57 bits per heavy atom. The van der Waals surface area contributed by atoms with Gasteiger partial charge in [0.15, 0.2) is 0 Å². The summed E-state index contributed by atoms with van der Waals surface area (Å²) in [7, 11) is 0. The summed E-state index contributed by atoms with van der Waals surface area (Å²) >= 11 is 0. The topological polar surface area (TPSA) is 22.9 Å². The molecule has 4 nitrogen and oxygen atoms in total. The third-order valence-electron chi connectivity index (χ3n) is 16.9. The molecule has 0 bridgehead atoms. The summed E-state index contributed by atoms with van der Waals surface area (Å²) in [6, 6.07) is 57.5. The summed E-state index contributed by atoms with van der Waals surface area (Å²) < 4.78 is 7.29. The average molecular weight is 904 g/mol. The first kappa shape index (κ1) is 43.8. The smallest absolute Gasteiger partial charge is 0.257 e. The van der Waals surface area contributed by atoms with Crippen molar-refractivity contribution in [1.82, 2.24) is 0 Å². The molecule has 4 aliphatic rings. The minimum absolute atomic E-state index is 0.00530. The highest BCUT2D eigenvalue weighted by molar-refractivity contribution is 7.01. The molecule has 5 heteroatoms. The number of benzene rings is 7. The molecule has 8 aromatic rings. The van der Waals surface area contributed by atoms with Crippen LogP contribution in [0.1, 0.15) is 130 Å². The summed E-state index contributed by atoms with van der Waals surface area (Å²) in [6.07, 6.45) is 4.62. The van der Waals surface area contributed by atoms with Crippen LogP contribution >= 0.6 is 0 Å². The van der Waals surface area contributed by atoms with Crippen molar-refractivity contribution in [3.63, 3.8) is 0 Å². The molecule has 0 atom stereocenters. The maximum absolute atomic E-state index is 7.29. The molecule has 69 heavy (non-hydrogen) atoms. The normalized spacial score (nSPS) is 17.9. The highest BCUT2D eigenvalue weighted by Gasteiger charge is 2.49. The first-order valence-electron chi connectivity index (χ1n) is 25.5. The lowest BCUT2D eigenvalue weighted by atomic mass is 9.33. The number of fused-ring (bicyclic) bond motifs is 8. The Morgan fingerprint density at radius 1 is 0.464 bits per heavy atom. The second kappa shape index (κ2) is 15.0. The zero-order valence-corrected chi connectivity index (χ0v) is 42.6. The van der Waals surface area contributed by atoms with Gasteiger partial charge >= 0.3 is 0 Å². The molecular formula is C64H66BN3O. The second-order valence-corrected chi connectivity index (χ2v) is 24.3. The molecule has 0 amide bonds. The molecule has 1 aromatic heterocycles. The fourth-order valence-corrected chi connectivity index (χ4v) is 12.6. The fourth-order valence-electron chi connectivity index (χ4n) is 12.6. The predicted octanol–water partition coefficient (Wildman–Crippen LogP) is 16.0. The summed E-state index contributed by atoms with van der Waals surface area (Å²) in [5.41, 5.74) is 21.3. The van der Waals surface area contributed by atoms with Gasteiger partial charge < -0.3 is 14.2 Å². The van der Waals surface area contributed by atoms with Gasteiger partial charge in [-0.3, -0.25) is 4.90 Å². The van der Waals surface area contributed by atoms with Gasteiger partial charge in [0.05, 0.1) is 5.69 Å². The van der Waals surface area contributed by atoms with Crippen LogP contribution in [0.4, 0.5) is 51.4 Å². The summed E-state index contributed by atoms with van der Waals surface area (Å²) in [5, 5.41) is 1.17. The van der Waals surface area contributed by atoms with Crippen LogP contribution in [0.2, 0.25) is 0 Å². The van der Waals surface area contributed by atoms with E-state index in [-0.39, 0.29) is 33.8 Å². The van der Waals surface area contributed by atoms with Crippen molar-refractivity contribution in [2.24, 2.45) is 0 Å². The van der Waals surface area contributed by atoms with Crippen LogP contribution < -0.4 is 31.1 Å². The quantitative estimate of drug-likeness (QED) is 0.161. The molecule has 0 N–H and O–H groups in total. The van der Waals surface area contributed by atoms with E-state index >= 15 is 0 Å². The molecule has 0 saturated carbocycles. The number of para-hydroxylation sites is 3. The van der Waals surface area contributed by atoms with Crippen LogP contribution in [0.3, 0.4) is 0 Å². The van der Waals surface area contributed by atoms with Crippen molar-refractivity contribution in [2.45, 2.75) is 129 Å². The van der Waals surface area contributed by atoms with E-state index in [0.717, 1.165) is 59.2 Å². The molecule has 2 aliphatic heterocycles. The molecule has 0 unspecified atom stereocenters. The van der Waals surface area contributed by atoms with Crippen LogP contribution in [0, 0.1) is 0 Å². The Hall–Kier alpha value is -6.46. The molecule has 2 aliphatic carbocycles. The molecular weight excluding hydrogens is 838 g/mol. The Morgan fingerprint density at radius 2 is 0.971 bits per heavy atom. The van der Waals surface area contributed by atoms with Gasteiger partial charge in [0.2, 0.25) is 5.88 Å². The van der Waals surface area contributed by atoms with E-state index < -0.39 is 0 Å². The number of hydrogen-bond donors (Lipinski definition) is 0. The lowest BCUT2D eigenvalue weighted by Crippen LogP contribution is -2.61. The standard InChI is InChI=1S/C64H66BN3O/c1-60(2,3)41-26-28-44(29-27-41)68-55-38-46(66(42-20-14-12-15-21-42)43-22-16-13-17-23-43)37-54-58(55)65(57-47-24-18-19-25-56(47)69-59(57)68)52-39-50-51(64(10,11)35-34-63(50,8)9)40-53(52)67(54)45-30-31-48-49(36-45)62(6,7)33-32-61(48,4)5/h12-31,36-40H,32-35H2,1-11H3. The van der Waals surface area contributed by atoms with Crippen molar-refractivity contribution in [3.05, 3.63) is 179 Å². The lowest BCUT2D eigenvalue weighted by Gasteiger charge is -2.47. The van der Waals surface area contributed by atoms with Crippen LogP contribution in [0.5, 0.6) is 0 Å². The van der Waals surface area contributed by atoms with E-state index in [4.69, 9.17) is 4.42 Å². The van der Waals surface area contributed by atoms with E-state index in [1.807, 2.05) is 0 Å². The molecule has 3 heterocycles. The monoisotopic (exact) mass is 904 g/mol. The highest BCUT2D eigenvalue weighted by Crippen LogP contribution is 2.54. The van der Waals surface area contributed by atoms with Crippen LogP contribution in [0.15, 0.2) is 156 Å². The van der Waals surface area contributed by atoms with E-state index in [1.54, 1.807) is 0 Å². The lowest BCUT2D eigenvalue weighted by molar-refractivity contribution is 0.332. The number of anilines is 9. The van der Waals surface area contributed by atoms with Crippen molar-refractivity contribution in [3.8, 4) is 0 Å². The van der Waals surface area contributed by atoms with Gasteiger partial charge in [0.1, 0.15) is 5.58 Å². The molecule has 0 spiro atoms. The fraction of sp³-hybridized carbons (Fsp3) is 0.312. The molecule has 12 rings (SSSR count). The maximum Gasteiger partial charge on any atom is 0.257 e. The zero-order chi connectivity index (χ0) is 48.0. The summed E-state index contributed by atoms with van der Waals surface area (Å²) in [5.74, 6) is 0.890.